The lowest BCUT2D eigenvalue weighted by molar-refractivity contribution is -0.118. The van der Waals surface area contributed by atoms with Crippen LogP contribution in [0, 0.1) is 20.8 Å². The average molecular weight is 317 g/mol. The maximum atomic E-state index is 11.8. The summed E-state index contributed by atoms with van der Waals surface area (Å²) in [7, 11) is 1.95. The second kappa shape index (κ2) is 7.22. The van der Waals surface area contributed by atoms with Crippen LogP contribution in [-0.2, 0) is 11.8 Å². The molecule has 0 saturated heterocycles. The van der Waals surface area contributed by atoms with E-state index < -0.39 is 0 Å². The predicted molar refractivity (Wildman–Crippen MR) is 88.1 cm³/mol. The van der Waals surface area contributed by atoms with Crippen molar-refractivity contribution in [1.82, 2.24) is 20.0 Å². The molecule has 2 aromatic heterocycles. The van der Waals surface area contributed by atoms with Crippen LogP contribution in [0.2, 0.25) is 0 Å². The number of carbonyl (C=O) groups excluding carboxylic acids is 1. The maximum absolute atomic E-state index is 11.8. The highest BCUT2D eigenvalue weighted by Gasteiger charge is 2.05. The SMILES string of the molecule is Cc1cc(C)nc(SCC(=O)N/N=C/c2ccc(C)n2C)n1. The summed E-state index contributed by atoms with van der Waals surface area (Å²) in [6, 6.07) is 5.84. The summed E-state index contributed by atoms with van der Waals surface area (Å²) >= 11 is 1.30. The summed E-state index contributed by atoms with van der Waals surface area (Å²) in [4.78, 5) is 20.3. The number of thioether (sulfide) groups is 1. The van der Waals surface area contributed by atoms with Crippen LogP contribution in [0.25, 0.3) is 0 Å². The smallest absolute Gasteiger partial charge is 0.250 e. The van der Waals surface area contributed by atoms with E-state index in [9.17, 15) is 4.79 Å². The van der Waals surface area contributed by atoms with Gasteiger partial charge in [0.25, 0.3) is 5.91 Å². The Balaban J connectivity index is 1.84. The Morgan fingerprint density at radius 2 is 2.00 bits per heavy atom. The summed E-state index contributed by atoms with van der Waals surface area (Å²) in [6.45, 7) is 5.83. The van der Waals surface area contributed by atoms with Crippen molar-refractivity contribution in [3.63, 3.8) is 0 Å². The third kappa shape index (κ3) is 4.42. The molecule has 116 valence electrons. The Bertz CT molecular complexity index is 688. The lowest BCUT2D eigenvalue weighted by Gasteiger charge is -2.02. The maximum Gasteiger partial charge on any atom is 0.250 e. The molecule has 0 aliphatic heterocycles. The Kier molecular flexibility index (Phi) is 5.32. The monoisotopic (exact) mass is 317 g/mol. The van der Waals surface area contributed by atoms with Gasteiger partial charge >= 0.3 is 0 Å². The number of nitrogens with one attached hydrogen (secondary N) is 1. The molecule has 0 unspecified atom stereocenters. The number of nitrogens with zero attached hydrogens (tertiary/aromatic N) is 4. The second-order valence-corrected chi connectivity index (χ2v) is 5.92. The molecular formula is C15H19N5OS. The quantitative estimate of drug-likeness (QED) is 0.396. The molecule has 0 fully saturated rings. The van der Waals surface area contributed by atoms with Gasteiger partial charge in [0.2, 0.25) is 0 Å². The molecule has 2 heterocycles. The molecule has 1 amide bonds. The third-order valence-electron chi connectivity index (χ3n) is 3.09. The molecule has 22 heavy (non-hydrogen) atoms. The van der Waals surface area contributed by atoms with Gasteiger partial charge in [-0.1, -0.05) is 11.8 Å². The van der Waals surface area contributed by atoms with Crippen molar-refractivity contribution in [3.05, 3.63) is 41.0 Å². The van der Waals surface area contributed by atoms with Gasteiger partial charge in [-0.3, -0.25) is 4.79 Å². The van der Waals surface area contributed by atoms with Gasteiger partial charge in [0.15, 0.2) is 5.16 Å². The number of aromatic nitrogens is 3. The number of amides is 1. The van der Waals surface area contributed by atoms with Crippen molar-refractivity contribution in [1.29, 1.82) is 0 Å². The molecule has 2 aromatic rings. The molecule has 1 N–H and O–H groups in total. The molecule has 0 saturated carbocycles. The fourth-order valence-corrected chi connectivity index (χ4v) is 2.60. The number of aryl methyl sites for hydroxylation is 3. The van der Waals surface area contributed by atoms with Crippen molar-refractivity contribution in [2.75, 3.05) is 5.75 Å². The molecule has 0 atom stereocenters. The van der Waals surface area contributed by atoms with E-state index in [1.54, 1.807) is 6.21 Å². The molecular weight excluding hydrogens is 298 g/mol. The Morgan fingerprint density at radius 3 is 2.59 bits per heavy atom. The normalized spacial score (nSPS) is 11.1. The lowest BCUT2D eigenvalue weighted by atomic mass is 10.4. The Hall–Kier alpha value is -2.15. The highest BCUT2D eigenvalue weighted by Crippen LogP contribution is 2.13. The summed E-state index contributed by atoms with van der Waals surface area (Å²) in [6.07, 6.45) is 1.63. The minimum Gasteiger partial charge on any atom is -0.347 e. The van der Waals surface area contributed by atoms with E-state index in [-0.39, 0.29) is 11.7 Å². The molecule has 7 heteroatoms. The molecule has 0 aromatic carbocycles. The van der Waals surface area contributed by atoms with Gasteiger partial charge in [0.05, 0.1) is 17.7 Å². The summed E-state index contributed by atoms with van der Waals surface area (Å²) in [5.41, 5.74) is 6.37. The van der Waals surface area contributed by atoms with E-state index >= 15 is 0 Å². The molecule has 0 spiro atoms. The molecule has 0 aliphatic rings. The first-order valence-electron chi connectivity index (χ1n) is 6.85. The number of carbonyl (C=O) groups is 1. The number of hydrazone groups is 1. The van der Waals surface area contributed by atoms with Gasteiger partial charge in [0.1, 0.15) is 0 Å². The highest BCUT2D eigenvalue weighted by molar-refractivity contribution is 7.99. The standard InChI is InChI=1S/C15H19N5OS/c1-10-7-11(2)18-15(17-10)22-9-14(21)19-16-8-13-6-5-12(3)20(13)4/h5-8H,9H2,1-4H3,(H,19,21)/b16-8+. The van der Waals surface area contributed by atoms with E-state index in [2.05, 4.69) is 20.5 Å². The van der Waals surface area contributed by atoms with Gasteiger partial charge in [-0.15, -0.1) is 0 Å². The first-order valence-corrected chi connectivity index (χ1v) is 7.83. The fourth-order valence-electron chi connectivity index (χ4n) is 1.85. The zero-order valence-corrected chi connectivity index (χ0v) is 13.9. The topological polar surface area (TPSA) is 72.2 Å². The molecule has 6 nitrogen and oxygen atoms in total. The van der Waals surface area contributed by atoms with Crippen LogP contribution in [0.5, 0.6) is 0 Å². The molecule has 2 rings (SSSR count). The average Bonchev–Trinajstić information content (AvgIpc) is 2.76. The van der Waals surface area contributed by atoms with E-state index in [0.717, 1.165) is 22.8 Å². The van der Waals surface area contributed by atoms with Crippen LogP contribution in [0.4, 0.5) is 0 Å². The zero-order chi connectivity index (χ0) is 16.1. The van der Waals surface area contributed by atoms with Gasteiger partial charge in [-0.2, -0.15) is 5.10 Å². The number of hydrogen-bond donors (Lipinski definition) is 1. The summed E-state index contributed by atoms with van der Waals surface area (Å²) < 4.78 is 1.99. The Morgan fingerprint density at radius 1 is 1.32 bits per heavy atom. The van der Waals surface area contributed by atoms with Gasteiger partial charge in [0, 0.05) is 24.1 Å². The second-order valence-electron chi connectivity index (χ2n) is 4.97. The van der Waals surface area contributed by atoms with Crippen molar-refractivity contribution < 1.29 is 4.79 Å². The van der Waals surface area contributed by atoms with Crippen LogP contribution < -0.4 is 5.43 Å². The molecule has 0 bridgehead atoms. The first-order chi connectivity index (χ1) is 10.5. The largest absolute Gasteiger partial charge is 0.347 e. The highest BCUT2D eigenvalue weighted by atomic mass is 32.2. The predicted octanol–water partition coefficient (Wildman–Crippen LogP) is 1.98. The van der Waals surface area contributed by atoms with Gasteiger partial charge in [-0.05, 0) is 39.0 Å². The third-order valence-corrected chi connectivity index (χ3v) is 3.94. The lowest BCUT2D eigenvalue weighted by Crippen LogP contribution is -2.20. The zero-order valence-electron chi connectivity index (χ0n) is 13.1. The van der Waals surface area contributed by atoms with E-state index in [4.69, 9.17) is 0 Å². The van der Waals surface area contributed by atoms with E-state index in [1.807, 2.05) is 50.6 Å². The molecule has 0 radical (unpaired) electrons. The van der Waals surface area contributed by atoms with Crippen LogP contribution in [-0.4, -0.2) is 32.4 Å². The van der Waals surface area contributed by atoms with Crippen molar-refractivity contribution in [3.8, 4) is 0 Å². The minimum absolute atomic E-state index is 0.185. The van der Waals surface area contributed by atoms with E-state index in [0.29, 0.717) is 5.16 Å². The van der Waals surface area contributed by atoms with E-state index in [1.165, 1.54) is 11.8 Å². The van der Waals surface area contributed by atoms with Gasteiger partial charge < -0.3 is 4.57 Å². The molecule has 0 aliphatic carbocycles. The van der Waals surface area contributed by atoms with Crippen molar-refractivity contribution >= 4 is 23.9 Å². The minimum atomic E-state index is -0.185. The summed E-state index contributed by atoms with van der Waals surface area (Å²) in [5.74, 6) is 0.0433. The van der Waals surface area contributed by atoms with Gasteiger partial charge in [-0.25, -0.2) is 15.4 Å². The van der Waals surface area contributed by atoms with Crippen molar-refractivity contribution in [2.45, 2.75) is 25.9 Å². The Labute approximate surface area is 134 Å². The number of rotatable bonds is 5. The van der Waals surface area contributed by atoms with Crippen LogP contribution in [0.3, 0.4) is 0 Å². The van der Waals surface area contributed by atoms with Crippen LogP contribution in [0.15, 0.2) is 28.5 Å². The first kappa shape index (κ1) is 16.2. The summed E-state index contributed by atoms with van der Waals surface area (Å²) in [5, 5.41) is 4.57. The van der Waals surface area contributed by atoms with Crippen molar-refractivity contribution in [2.24, 2.45) is 12.1 Å². The fraction of sp³-hybridized carbons (Fsp3) is 0.333. The van der Waals surface area contributed by atoms with Crippen LogP contribution >= 0.6 is 11.8 Å². The number of hydrogen-bond acceptors (Lipinski definition) is 5. The van der Waals surface area contributed by atoms with Crippen LogP contribution in [0.1, 0.15) is 22.8 Å².